The summed E-state index contributed by atoms with van der Waals surface area (Å²) < 4.78 is 2.38. The van der Waals surface area contributed by atoms with Crippen molar-refractivity contribution < 1.29 is 0 Å². The molecular weight excluding hydrogens is 471 g/mol. The summed E-state index contributed by atoms with van der Waals surface area (Å²) in [6.07, 6.45) is 0. The van der Waals surface area contributed by atoms with Gasteiger partial charge in [-0.25, -0.2) is 0 Å². The lowest BCUT2D eigenvalue weighted by molar-refractivity contribution is 1.18. The fourth-order valence-corrected chi connectivity index (χ4v) is 6.38. The molecule has 0 amide bonds. The number of benzene rings is 6. The van der Waals surface area contributed by atoms with Crippen LogP contribution in [0, 0.1) is 0 Å². The van der Waals surface area contributed by atoms with Crippen molar-refractivity contribution in [3.8, 4) is 16.8 Å². The standard InChI is InChI=1S/C36H25BN2/c1-2-12-28(13-3-1)39-36-21-11-7-15-30(36)29-14-4-8-18-33(29)37(39)26-22-24-27(25-23-26)38-34-19-9-5-16-31(34)32-17-6-10-20-35(32)38/h1-25H. The molecule has 39 heavy (non-hydrogen) atoms. The average molecular weight is 496 g/mol. The molecule has 2 nitrogen and oxygen atoms in total. The van der Waals surface area contributed by atoms with Gasteiger partial charge in [-0.15, -0.1) is 0 Å². The van der Waals surface area contributed by atoms with Crippen molar-refractivity contribution in [1.82, 2.24) is 4.57 Å². The Morgan fingerprint density at radius 3 is 1.69 bits per heavy atom. The van der Waals surface area contributed by atoms with Gasteiger partial charge in [0, 0.05) is 33.4 Å². The first-order valence-electron chi connectivity index (χ1n) is 13.5. The summed E-state index contributed by atoms with van der Waals surface area (Å²) in [7, 11) is 0. The van der Waals surface area contributed by atoms with E-state index in [0.717, 1.165) is 0 Å². The van der Waals surface area contributed by atoms with Crippen LogP contribution in [0.25, 0.3) is 38.6 Å². The number of hydrogen-bond donors (Lipinski definition) is 0. The second-order valence-corrected chi connectivity index (χ2v) is 10.2. The van der Waals surface area contributed by atoms with Gasteiger partial charge in [0.1, 0.15) is 0 Å². The van der Waals surface area contributed by atoms with Crippen molar-refractivity contribution in [2.75, 3.05) is 4.81 Å². The monoisotopic (exact) mass is 496 g/mol. The van der Waals surface area contributed by atoms with Crippen LogP contribution in [-0.2, 0) is 0 Å². The van der Waals surface area contributed by atoms with Gasteiger partial charge in [-0.3, -0.25) is 0 Å². The number of hydrogen-bond acceptors (Lipinski definition) is 1. The van der Waals surface area contributed by atoms with Gasteiger partial charge in [0.15, 0.2) is 0 Å². The fraction of sp³-hybridized carbons (Fsp3) is 0. The van der Waals surface area contributed by atoms with Crippen molar-refractivity contribution in [2.24, 2.45) is 0 Å². The Morgan fingerprint density at radius 1 is 0.410 bits per heavy atom. The van der Waals surface area contributed by atoms with E-state index in [2.05, 4.69) is 161 Å². The molecule has 0 fully saturated rings. The van der Waals surface area contributed by atoms with E-state index in [9.17, 15) is 0 Å². The van der Waals surface area contributed by atoms with Crippen LogP contribution in [0.4, 0.5) is 11.4 Å². The highest BCUT2D eigenvalue weighted by Crippen LogP contribution is 2.39. The Hall–Kier alpha value is -5.02. The Labute approximate surface area is 228 Å². The molecule has 6 aromatic carbocycles. The van der Waals surface area contributed by atoms with Crippen LogP contribution in [0.2, 0.25) is 0 Å². The largest absolute Gasteiger partial charge is 0.376 e. The molecule has 8 rings (SSSR count). The normalized spacial score (nSPS) is 12.5. The van der Waals surface area contributed by atoms with Crippen molar-refractivity contribution in [3.05, 3.63) is 152 Å². The summed E-state index contributed by atoms with van der Waals surface area (Å²) in [5.74, 6) is 0. The van der Waals surface area contributed by atoms with Crippen molar-refractivity contribution in [2.45, 2.75) is 0 Å². The summed E-state index contributed by atoms with van der Waals surface area (Å²) in [5, 5.41) is 2.57. The number of para-hydroxylation sites is 4. The van der Waals surface area contributed by atoms with Crippen LogP contribution in [0.1, 0.15) is 0 Å². The third-order valence-electron chi connectivity index (χ3n) is 8.05. The molecule has 182 valence electrons. The molecule has 1 aromatic heterocycles. The van der Waals surface area contributed by atoms with Gasteiger partial charge >= 0.3 is 6.85 Å². The third-order valence-corrected chi connectivity index (χ3v) is 8.05. The van der Waals surface area contributed by atoms with Crippen LogP contribution >= 0.6 is 0 Å². The summed E-state index contributed by atoms with van der Waals surface area (Å²) in [5.41, 5.74) is 11.2. The molecule has 1 aliphatic rings. The molecule has 0 spiro atoms. The van der Waals surface area contributed by atoms with Crippen LogP contribution in [0.3, 0.4) is 0 Å². The van der Waals surface area contributed by atoms with Crippen molar-refractivity contribution in [1.29, 1.82) is 0 Å². The van der Waals surface area contributed by atoms with Gasteiger partial charge in [-0.05, 0) is 53.5 Å². The molecule has 3 heteroatoms. The molecule has 0 saturated carbocycles. The van der Waals surface area contributed by atoms with Gasteiger partial charge in [0.05, 0.1) is 11.0 Å². The maximum atomic E-state index is 2.49. The molecule has 2 heterocycles. The highest BCUT2D eigenvalue weighted by molar-refractivity contribution is 6.90. The van der Waals surface area contributed by atoms with Gasteiger partial charge in [0.25, 0.3) is 0 Å². The van der Waals surface area contributed by atoms with Crippen LogP contribution in [0.15, 0.2) is 152 Å². The molecular formula is C36H25BN2. The Bertz CT molecular complexity index is 1920. The predicted octanol–water partition coefficient (Wildman–Crippen LogP) is 7.71. The summed E-state index contributed by atoms with van der Waals surface area (Å²) in [6, 6.07) is 54.9. The van der Waals surface area contributed by atoms with E-state index >= 15 is 0 Å². The summed E-state index contributed by atoms with van der Waals surface area (Å²) in [6.45, 7) is 0.0608. The second-order valence-electron chi connectivity index (χ2n) is 10.2. The first kappa shape index (κ1) is 22.0. The maximum Gasteiger partial charge on any atom is 0.328 e. The lowest BCUT2D eigenvalue weighted by Gasteiger charge is -2.39. The van der Waals surface area contributed by atoms with Crippen molar-refractivity contribution >= 4 is 51.0 Å². The van der Waals surface area contributed by atoms with E-state index in [1.54, 1.807) is 0 Å². The predicted molar refractivity (Wildman–Crippen MR) is 166 cm³/mol. The highest BCUT2D eigenvalue weighted by atomic mass is 15.1. The van der Waals surface area contributed by atoms with Crippen LogP contribution in [0.5, 0.6) is 0 Å². The fourth-order valence-electron chi connectivity index (χ4n) is 6.38. The zero-order chi connectivity index (χ0) is 25.8. The van der Waals surface area contributed by atoms with E-state index in [0.29, 0.717) is 0 Å². The van der Waals surface area contributed by atoms with E-state index in [-0.39, 0.29) is 6.85 Å². The minimum Gasteiger partial charge on any atom is -0.376 e. The second kappa shape index (κ2) is 8.78. The lowest BCUT2D eigenvalue weighted by Crippen LogP contribution is -2.57. The van der Waals surface area contributed by atoms with Crippen LogP contribution < -0.4 is 15.7 Å². The van der Waals surface area contributed by atoms with E-state index < -0.39 is 0 Å². The zero-order valence-electron chi connectivity index (χ0n) is 21.4. The molecule has 0 N–H and O–H groups in total. The Balaban J connectivity index is 1.32. The molecule has 0 aliphatic carbocycles. The quantitative estimate of drug-likeness (QED) is 0.228. The molecule has 0 saturated heterocycles. The van der Waals surface area contributed by atoms with E-state index in [4.69, 9.17) is 0 Å². The Morgan fingerprint density at radius 2 is 0.974 bits per heavy atom. The summed E-state index contributed by atoms with van der Waals surface area (Å²) in [4.78, 5) is 2.49. The lowest BCUT2D eigenvalue weighted by atomic mass is 9.46. The Kier molecular flexibility index (Phi) is 4.96. The first-order chi connectivity index (χ1) is 19.4. The molecule has 1 aliphatic heterocycles. The van der Waals surface area contributed by atoms with E-state index in [1.807, 2.05) is 0 Å². The molecule has 0 unspecified atom stereocenters. The minimum absolute atomic E-state index is 0.0608. The van der Waals surface area contributed by atoms with Crippen molar-refractivity contribution in [3.63, 3.8) is 0 Å². The number of aromatic nitrogens is 1. The molecule has 0 bridgehead atoms. The molecule has 0 radical (unpaired) electrons. The summed E-state index contributed by atoms with van der Waals surface area (Å²) >= 11 is 0. The smallest absolute Gasteiger partial charge is 0.328 e. The van der Waals surface area contributed by atoms with Gasteiger partial charge in [0.2, 0.25) is 0 Å². The van der Waals surface area contributed by atoms with Gasteiger partial charge in [-0.2, -0.15) is 0 Å². The molecule has 7 aromatic rings. The zero-order valence-corrected chi connectivity index (χ0v) is 21.4. The number of anilines is 2. The average Bonchev–Trinajstić information content (AvgIpc) is 3.35. The first-order valence-corrected chi connectivity index (χ1v) is 13.5. The van der Waals surface area contributed by atoms with E-state index in [1.165, 1.54) is 60.9 Å². The van der Waals surface area contributed by atoms with Gasteiger partial charge < -0.3 is 9.38 Å². The van der Waals surface area contributed by atoms with Crippen LogP contribution in [-0.4, -0.2) is 11.4 Å². The third kappa shape index (κ3) is 3.37. The minimum atomic E-state index is 0.0608. The van der Waals surface area contributed by atoms with Gasteiger partial charge in [-0.1, -0.05) is 115 Å². The highest BCUT2D eigenvalue weighted by Gasteiger charge is 2.36. The maximum absolute atomic E-state index is 2.49. The number of nitrogens with zero attached hydrogens (tertiary/aromatic N) is 2. The number of fused-ring (bicyclic) bond motifs is 6. The number of rotatable bonds is 3. The topological polar surface area (TPSA) is 8.17 Å². The molecule has 0 atom stereocenters. The SMILES string of the molecule is c1ccc(N2B(c3ccc(-n4c5ccccc5c5ccccc54)cc3)c3ccccc3-c3ccccc32)cc1.